The van der Waals surface area contributed by atoms with Crippen molar-refractivity contribution >= 4 is 5.97 Å². The summed E-state index contributed by atoms with van der Waals surface area (Å²) in [5.41, 5.74) is 5.63. The molecule has 0 saturated heterocycles. The molecule has 0 spiro atoms. The second-order valence-corrected chi connectivity index (χ2v) is 6.51. The Balaban J connectivity index is 2.02. The van der Waals surface area contributed by atoms with E-state index in [2.05, 4.69) is 12.1 Å². The smallest absolute Gasteiger partial charge is 0.308 e. The fraction of sp³-hybridized carbons (Fsp3) is 0.0833. The summed E-state index contributed by atoms with van der Waals surface area (Å²) in [5.74, 6) is 0.185. The van der Waals surface area contributed by atoms with Gasteiger partial charge in [0.05, 0.1) is 17.1 Å². The number of benzene rings is 3. The highest BCUT2D eigenvalue weighted by molar-refractivity contribution is 5.88. The van der Waals surface area contributed by atoms with Gasteiger partial charge >= 0.3 is 5.97 Å². The second kappa shape index (κ2) is 7.53. The third-order valence-electron chi connectivity index (χ3n) is 4.52. The van der Waals surface area contributed by atoms with Crippen LogP contribution in [0.2, 0.25) is 0 Å². The van der Waals surface area contributed by atoms with Gasteiger partial charge < -0.3 is 4.74 Å². The third-order valence-corrected chi connectivity index (χ3v) is 4.52. The summed E-state index contributed by atoms with van der Waals surface area (Å²) in [6.45, 7) is 3.39. The van der Waals surface area contributed by atoms with Crippen molar-refractivity contribution < 1.29 is 9.53 Å². The van der Waals surface area contributed by atoms with E-state index in [1.807, 2.05) is 84.4 Å². The van der Waals surface area contributed by atoms with E-state index in [1.54, 1.807) is 0 Å². The molecule has 0 aliphatic rings. The lowest BCUT2D eigenvalue weighted by Gasteiger charge is -2.13. The zero-order valence-corrected chi connectivity index (χ0v) is 15.8. The summed E-state index contributed by atoms with van der Waals surface area (Å²) < 4.78 is 7.43. The van der Waals surface area contributed by atoms with Crippen LogP contribution in [0, 0.1) is 6.92 Å². The lowest BCUT2D eigenvalue weighted by atomic mass is 9.98. The van der Waals surface area contributed by atoms with E-state index in [-0.39, 0.29) is 5.97 Å². The third kappa shape index (κ3) is 3.32. The number of aryl methyl sites for hydroxylation is 1. The number of esters is 1. The number of hydrogen-bond acceptors (Lipinski definition) is 3. The number of carbonyl (C=O) groups excluding carboxylic acids is 1. The first-order chi connectivity index (χ1) is 13.6. The van der Waals surface area contributed by atoms with Gasteiger partial charge in [0.15, 0.2) is 0 Å². The molecule has 3 aromatic carbocycles. The molecule has 1 aromatic heterocycles. The van der Waals surface area contributed by atoms with E-state index in [9.17, 15) is 4.79 Å². The maximum absolute atomic E-state index is 11.6. The van der Waals surface area contributed by atoms with Gasteiger partial charge in [-0.25, -0.2) is 4.68 Å². The molecular formula is C24H20N2O2. The zero-order valence-electron chi connectivity index (χ0n) is 15.8. The molecule has 0 unspecified atom stereocenters. The summed E-state index contributed by atoms with van der Waals surface area (Å²) in [6, 6.07) is 27.7. The Morgan fingerprint density at radius 3 is 2.14 bits per heavy atom. The fourth-order valence-corrected chi connectivity index (χ4v) is 3.39. The highest BCUT2D eigenvalue weighted by Crippen LogP contribution is 2.40. The van der Waals surface area contributed by atoms with Crippen molar-refractivity contribution in [1.29, 1.82) is 0 Å². The Morgan fingerprint density at radius 1 is 0.857 bits per heavy atom. The van der Waals surface area contributed by atoms with Crippen LogP contribution in [0.4, 0.5) is 0 Å². The van der Waals surface area contributed by atoms with Gasteiger partial charge in [0.25, 0.3) is 0 Å². The number of para-hydroxylation sites is 2. The fourth-order valence-electron chi connectivity index (χ4n) is 3.39. The standard InChI is InChI=1S/C24H20N2O2/c1-17-23(21-15-9-10-16-22(21)28-18(2)27)24(19-11-5-3-6-12-19)26(25-17)20-13-7-4-8-14-20/h3-16H,1-2H3. The number of ether oxygens (including phenoxy) is 1. The van der Waals surface area contributed by atoms with E-state index in [4.69, 9.17) is 9.84 Å². The van der Waals surface area contributed by atoms with Crippen LogP contribution in [-0.4, -0.2) is 15.7 Å². The number of carbonyl (C=O) groups is 1. The highest BCUT2D eigenvalue weighted by Gasteiger charge is 2.22. The Hall–Kier alpha value is -3.66. The monoisotopic (exact) mass is 368 g/mol. The van der Waals surface area contributed by atoms with Gasteiger partial charge in [0.2, 0.25) is 0 Å². The van der Waals surface area contributed by atoms with Gasteiger partial charge in [0.1, 0.15) is 5.75 Å². The molecule has 1 heterocycles. The number of rotatable bonds is 4. The van der Waals surface area contributed by atoms with Crippen molar-refractivity contribution in [3.05, 3.63) is 90.6 Å². The van der Waals surface area contributed by atoms with Crippen LogP contribution in [0.3, 0.4) is 0 Å². The molecule has 0 saturated carbocycles. The van der Waals surface area contributed by atoms with Crippen molar-refractivity contribution in [3.63, 3.8) is 0 Å². The average molecular weight is 368 g/mol. The van der Waals surface area contributed by atoms with Crippen molar-refractivity contribution in [2.24, 2.45) is 0 Å². The normalized spacial score (nSPS) is 10.6. The maximum atomic E-state index is 11.6. The first-order valence-electron chi connectivity index (χ1n) is 9.13. The molecule has 0 radical (unpaired) electrons. The molecule has 0 bridgehead atoms. The second-order valence-electron chi connectivity index (χ2n) is 6.51. The van der Waals surface area contributed by atoms with E-state index >= 15 is 0 Å². The quantitative estimate of drug-likeness (QED) is 0.356. The van der Waals surface area contributed by atoms with Gasteiger partial charge in [-0.3, -0.25) is 4.79 Å². The minimum absolute atomic E-state index is 0.346. The topological polar surface area (TPSA) is 44.1 Å². The number of aromatic nitrogens is 2. The van der Waals surface area contributed by atoms with Gasteiger partial charge in [-0.15, -0.1) is 0 Å². The van der Waals surface area contributed by atoms with Crippen LogP contribution in [0.15, 0.2) is 84.9 Å². The lowest BCUT2D eigenvalue weighted by molar-refractivity contribution is -0.131. The molecule has 0 N–H and O–H groups in total. The molecule has 28 heavy (non-hydrogen) atoms. The highest BCUT2D eigenvalue weighted by atomic mass is 16.5. The first kappa shape index (κ1) is 17.7. The van der Waals surface area contributed by atoms with Crippen molar-refractivity contribution in [2.75, 3.05) is 0 Å². The molecule has 4 nitrogen and oxygen atoms in total. The number of hydrogen-bond donors (Lipinski definition) is 0. The average Bonchev–Trinajstić information content (AvgIpc) is 3.06. The van der Waals surface area contributed by atoms with Crippen molar-refractivity contribution in [1.82, 2.24) is 9.78 Å². The van der Waals surface area contributed by atoms with Gasteiger partial charge in [0, 0.05) is 23.6 Å². The Labute approximate surface area is 164 Å². The Morgan fingerprint density at radius 2 is 1.46 bits per heavy atom. The predicted octanol–water partition coefficient (Wildman–Crippen LogP) is 5.44. The van der Waals surface area contributed by atoms with Crippen LogP contribution in [0.25, 0.3) is 28.1 Å². The molecule has 138 valence electrons. The van der Waals surface area contributed by atoms with Crippen LogP contribution >= 0.6 is 0 Å². The van der Waals surface area contributed by atoms with Gasteiger partial charge in [-0.05, 0) is 25.1 Å². The lowest BCUT2D eigenvalue weighted by Crippen LogP contribution is -2.03. The molecule has 0 aliphatic heterocycles. The van der Waals surface area contributed by atoms with Gasteiger partial charge in [-0.2, -0.15) is 5.10 Å². The summed E-state index contributed by atoms with van der Waals surface area (Å²) in [7, 11) is 0. The number of nitrogens with zero attached hydrogens (tertiary/aromatic N) is 2. The molecule has 0 atom stereocenters. The molecule has 0 fully saturated rings. The van der Waals surface area contributed by atoms with Gasteiger partial charge in [-0.1, -0.05) is 66.7 Å². The molecular weight excluding hydrogens is 348 g/mol. The summed E-state index contributed by atoms with van der Waals surface area (Å²) in [5, 5.41) is 4.83. The summed E-state index contributed by atoms with van der Waals surface area (Å²) in [6.07, 6.45) is 0. The van der Waals surface area contributed by atoms with E-state index < -0.39 is 0 Å². The minimum atomic E-state index is -0.346. The van der Waals surface area contributed by atoms with E-state index in [0.29, 0.717) is 5.75 Å². The largest absolute Gasteiger partial charge is 0.426 e. The Bertz CT molecular complexity index is 1120. The predicted molar refractivity (Wildman–Crippen MR) is 110 cm³/mol. The van der Waals surface area contributed by atoms with Crippen molar-refractivity contribution in [3.8, 4) is 33.8 Å². The molecule has 0 amide bonds. The van der Waals surface area contributed by atoms with Crippen molar-refractivity contribution in [2.45, 2.75) is 13.8 Å². The zero-order chi connectivity index (χ0) is 19.5. The SMILES string of the molecule is CC(=O)Oc1ccccc1-c1c(C)nn(-c2ccccc2)c1-c1ccccc1. The molecule has 4 rings (SSSR count). The minimum Gasteiger partial charge on any atom is -0.426 e. The maximum Gasteiger partial charge on any atom is 0.308 e. The van der Waals surface area contributed by atoms with Crippen LogP contribution in [0.1, 0.15) is 12.6 Å². The van der Waals surface area contributed by atoms with Crippen LogP contribution < -0.4 is 4.74 Å². The van der Waals surface area contributed by atoms with Crippen LogP contribution in [-0.2, 0) is 4.79 Å². The molecule has 0 aliphatic carbocycles. The van der Waals surface area contributed by atoms with E-state index in [1.165, 1.54) is 6.92 Å². The van der Waals surface area contributed by atoms with Crippen LogP contribution in [0.5, 0.6) is 5.75 Å². The van der Waals surface area contributed by atoms with E-state index in [0.717, 1.165) is 33.8 Å². The summed E-state index contributed by atoms with van der Waals surface area (Å²) in [4.78, 5) is 11.6. The molecule has 4 aromatic rings. The first-order valence-corrected chi connectivity index (χ1v) is 9.13. The Kier molecular flexibility index (Phi) is 4.77. The molecule has 4 heteroatoms. The summed E-state index contributed by atoms with van der Waals surface area (Å²) >= 11 is 0.